The smallest absolute Gasteiger partial charge is 0.231 e. The summed E-state index contributed by atoms with van der Waals surface area (Å²) >= 11 is 17.3. The lowest BCUT2D eigenvalue weighted by Gasteiger charge is -2.24. The quantitative estimate of drug-likeness (QED) is 0.370. The van der Waals surface area contributed by atoms with Crippen molar-refractivity contribution in [1.29, 1.82) is 0 Å². The third kappa shape index (κ3) is 7.46. The number of aryl methyl sites for hydroxylation is 2. The molecule has 0 radical (unpaired) electrons. The third-order valence-corrected chi connectivity index (χ3v) is 5.68. The molecule has 0 fully saturated rings. The molecule has 4 nitrogen and oxygen atoms in total. The number of ether oxygens (including phenoxy) is 1. The Bertz CT molecular complexity index is 916. The van der Waals surface area contributed by atoms with Gasteiger partial charge in [0.25, 0.3) is 0 Å². The monoisotopic (exact) mass is 466 g/mol. The Kier molecular flexibility index (Phi) is 8.95. The summed E-state index contributed by atoms with van der Waals surface area (Å²) in [5, 5.41) is 7.17. The maximum Gasteiger partial charge on any atom is 0.231 e. The summed E-state index contributed by atoms with van der Waals surface area (Å²) in [5.74, 6) is 0.762. The molecule has 7 heteroatoms. The molecule has 2 rings (SSSR count). The molecule has 0 spiro atoms. The second kappa shape index (κ2) is 11.0. The number of hydrogen-bond acceptors (Lipinski definition) is 3. The van der Waals surface area contributed by atoms with Crippen molar-refractivity contribution in [2.24, 2.45) is 5.41 Å². The zero-order valence-corrected chi connectivity index (χ0v) is 20.1. The zero-order chi connectivity index (χ0) is 22.3. The Balaban J connectivity index is 1.77. The van der Waals surface area contributed by atoms with Crippen molar-refractivity contribution in [2.45, 2.75) is 47.1 Å². The van der Waals surface area contributed by atoms with Gasteiger partial charge in [0.05, 0.1) is 6.61 Å². The van der Waals surface area contributed by atoms with Crippen LogP contribution in [0.1, 0.15) is 43.4 Å². The van der Waals surface area contributed by atoms with Crippen LogP contribution in [0.3, 0.4) is 0 Å². The van der Waals surface area contributed by atoms with Gasteiger partial charge in [0.1, 0.15) is 5.75 Å². The fourth-order valence-corrected chi connectivity index (χ4v) is 3.47. The first-order valence-corrected chi connectivity index (χ1v) is 11.0. The van der Waals surface area contributed by atoms with Gasteiger partial charge in [0, 0.05) is 22.0 Å². The summed E-state index contributed by atoms with van der Waals surface area (Å²) in [5.41, 5.74) is 2.54. The van der Waals surface area contributed by atoms with E-state index in [9.17, 15) is 4.79 Å². The average molecular weight is 467 g/mol. The Hall–Kier alpha value is -1.82. The number of nitrogens with one attached hydrogen (secondary N) is 2. The number of thiocarbonyl (C=S) groups is 1. The van der Waals surface area contributed by atoms with Gasteiger partial charge in [-0.1, -0.05) is 55.2 Å². The summed E-state index contributed by atoms with van der Waals surface area (Å²) in [7, 11) is 0. The number of benzene rings is 2. The molecule has 0 atom stereocenters. The van der Waals surface area contributed by atoms with Gasteiger partial charge < -0.3 is 15.4 Å². The molecule has 1 amide bonds. The van der Waals surface area contributed by atoms with Gasteiger partial charge in [-0.25, -0.2) is 0 Å². The van der Waals surface area contributed by atoms with Crippen molar-refractivity contribution in [3.8, 4) is 5.75 Å². The minimum absolute atomic E-state index is 0.131. The van der Waals surface area contributed by atoms with E-state index in [4.69, 9.17) is 40.2 Å². The fraction of sp³-hybridized carbons (Fsp3) is 0.391. The predicted octanol–water partition coefficient (Wildman–Crippen LogP) is 5.99. The zero-order valence-electron chi connectivity index (χ0n) is 17.8. The predicted molar refractivity (Wildman–Crippen MR) is 128 cm³/mol. The molecule has 0 aliphatic rings. The number of amides is 1. The van der Waals surface area contributed by atoms with Crippen LogP contribution in [0, 0.1) is 19.3 Å². The standard InChI is InChI=1S/C23H28Cl2N2O2S/c1-15-6-7-16(2)20(12-15)29-11-5-10-23(3,4)21(28)27-22(30)26-14-17-8-9-18(24)13-19(17)25/h6-9,12-13H,5,10-11,14H2,1-4H3,(H2,26,27,28,30). The highest BCUT2D eigenvalue weighted by molar-refractivity contribution is 7.80. The van der Waals surface area contributed by atoms with Crippen molar-refractivity contribution in [2.75, 3.05) is 6.61 Å². The topological polar surface area (TPSA) is 50.4 Å². The number of carbonyl (C=O) groups is 1. The highest BCUT2D eigenvalue weighted by atomic mass is 35.5. The number of carbonyl (C=O) groups excluding carboxylic acids is 1. The molecular formula is C23H28Cl2N2O2S. The van der Waals surface area contributed by atoms with E-state index in [0.29, 0.717) is 29.6 Å². The highest BCUT2D eigenvalue weighted by Gasteiger charge is 2.27. The van der Waals surface area contributed by atoms with E-state index in [1.54, 1.807) is 12.1 Å². The second-order valence-electron chi connectivity index (χ2n) is 7.98. The number of rotatable bonds is 8. The van der Waals surface area contributed by atoms with Crippen molar-refractivity contribution in [3.05, 3.63) is 63.1 Å². The molecule has 0 aliphatic carbocycles. The summed E-state index contributed by atoms with van der Waals surface area (Å²) in [6, 6.07) is 11.4. The largest absolute Gasteiger partial charge is 0.493 e. The lowest BCUT2D eigenvalue weighted by Crippen LogP contribution is -2.45. The van der Waals surface area contributed by atoms with Gasteiger partial charge in [-0.2, -0.15) is 0 Å². The van der Waals surface area contributed by atoms with E-state index < -0.39 is 5.41 Å². The van der Waals surface area contributed by atoms with E-state index >= 15 is 0 Å². The molecule has 0 aromatic heterocycles. The fourth-order valence-electron chi connectivity index (χ4n) is 2.83. The van der Waals surface area contributed by atoms with Gasteiger partial charge in [-0.3, -0.25) is 4.79 Å². The first-order valence-electron chi connectivity index (χ1n) is 9.82. The van der Waals surface area contributed by atoms with Crippen molar-refractivity contribution in [1.82, 2.24) is 10.6 Å². The molecular weight excluding hydrogens is 439 g/mol. The maximum atomic E-state index is 12.6. The minimum Gasteiger partial charge on any atom is -0.493 e. The van der Waals surface area contributed by atoms with Crippen LogP contribution in [-0.2, 0) is 11.3 Å². The maximum absolute atomic E-state index is 12.6. The summed E-state index contributed by atoms with van der Waals surface area (Å²) in [4.78, 5) is 12.6. The first-order chi connectivity index (χ1) is 14.1. The third-order valence-electron chi connectivity index (χ3n) is 4.84. The number of halogens is 2. The SMILES string of the molecule is Cc1ccc(C)c(OCCCC(C)(C)C(=O)NC(=S)NCc2ccc(Cl)cc2Cl)c1. The van der Waals surface area contributed by atoms with E-state index in [-0.39, 0.29) is 11.0 Å². The lowest BCUT2D eigenvalue weighted by molar-refractivity contribution is -0.128. The summed E-state index contributed by atoms with van der Waals surface area (Å²) in [6.45, 7) is 8.82. The Morgan fingerprint density at radius 2 is 1.87 bits per heavy atom. The molecule has 0 unspecified atom stereocenters. The van der Waals surface area contributed by atoms with E-state index in [0.717, 1.165) is 28.9 Å². The van der Waals surface area contributed by atoms with Gasteiger partial charge >= 0.3 is 0 Å². The van der Waals surface area contributed by atoms with Gasteiger partial charge in [-0.05, 0) is 73.8 Å². The first kappa shape index (κ1) is 24.4. The molecule has 0 saturated heterocycles. The second-order valence-corrected chi connectivity index (χ2v) is 9.23. The molecule has 0 saturated carbocycles. The van der Waals surface area contributed by atoms with Crippen LogP contribution in [-0.4, -0.2) is 17.6 Å². The average Bonchev–Trinajstić information content (AvgIpc) is 2.67. The molecule has 0 heterocycles. The normalized spacial score (nSPS) is 11.1. The van der Waals surface area contributed by atoms with Crippen LogP contribution in [0.15, 0.2) is 36.4 Å². The van der Waals surface area contributed by atoms with E-state index in [1.807, 2.05) is 45.9 Å². The van der Waals surface area contributed by atoms with Gasteiger partial charge in [0.2, 0.25) is 5.91 Å². The van der Waals surface area contributed by atoms with E-state index in [2.05, 4.69) is 16.7 Å². The van der Waals surface area contributed by atoms with Crippen LogP contribution >= 0.6 is 35.4 Å². The van der Waals surface area contributed by atoms with E-state index in [1.165, 1.54) is 0 Å². The van der Waals surface area contributed by atoms with Crippen LogP contribution in [0.4, 0.5) is 0 Å². The Morgan fingerprint density at radius 1 is 1.13 bits per heavy atom. The Morgan fingerprint density at radius 3 is 2.57 bits per heavy atom. The van der Waals surface area contributed by atoms with Crippen LogP contribution in [0.25, 0.3) is 0 Å². The van der Waals surface area contributed by atoms with Crippen LogP contribution in [0.5, 0.6) is 5.75 Å². The molecule has 2 aromatic carbocycles. The Labute approximate surface area is 194 Å². The molecule has 2 aromatic rings. The molecule has 0 bridgehead atoms. The van der Waals surface area contributed by atoms with Crippen molar-refractivity contribution in [3.63, 3.8) is 0 Å². The summed E-state index contributed by atoms with van der Waals surface area (Å²) in [6.07, 6.45) is 1.43. The molecule has 2 N–H and O–H groups in total. The molecule has 30 heavy (non-hydrogen) atoms. The minimum atomic E-state index is -0.575. The van der Waals surface area contributed by atoms with Crippen LogP contribution in [0.2, 0.25) is 10.0 Å². The lowest BCUT2D eigenvalue weighted by atomic mass is 9.87. The van der Waals surface area contributed by atoms with Crippen LogP contribution < -0.4 is 15.4 Å². The summed E-state index contributed by atoms with van der Waals surface area (Å²) < 4.78 is 5.89. The number of hydrogen-bond donors (Lipinski definition) is 2. The molecule has 162 valence electrons. The van der Waals surface area contributed by atoms with Crippen molar-refractivity contribution >= 4 is 46.4 Å². The molecule has 0 aliphatic heterocycles. The van der Waals surface area contributed by atoms with Gasteiger partial charge in [0.15, 0.2) is 5.11 Å². The highest BCUT2D eigenvalue weighted by Crippen LogP contribution is 2.24. The van der Waals surface area contributed by atoms with Crippen molar-refractivity contribution < 1.29 is 9.53 Å². The van der Waals surface area contributed by atoms with Gasteiger partial charge in [-0.15, -0.1) is 0 Å².